The van der Waals surface area contributed by atoms with E-state index in [1.807, 2.05) is 7.11 Å². The normalized spacial score (nSPS) is 18.5. The van der Waals surface area contributed by atoms with Crippen LogP contribution in [0.2, 0.25) is 0 Å². The maximum absolute atomic E-state index is 6.43. The van der Waals surface area contributed by atoms with Gasteiger partial charge in [0.15, 0.2) is 0 Å². The van der Waals surface area contributed by atoms with Crippen LogP contribution in [-0.4, -0.2) is 7.11 Å². The molecule has 0 heterocycles. The van der Waals surface area contributed by atoms with Gasteiger partial charge in [-0.25, -0.2) is 0 Å². The van der Waals surface area contributed by atoms with Gasteiger partial charge in [0.1, 0.15) is 5.60 Å². The van der Waals surface area contributed by atoms with Crippen LogP contribution in [0.1, 0.15) is 48.6 Å². The zero-order valence-electron chi connectivity index (χ0n) is 16.3. The van der Waals surface area contributed by atoms with Crippen molar-refractivity contribution in [2.45, 2.75) is 38.7 Å². The first kappa shape index (κ1) is 17.1. The van der Waals surface area contributed by atoms with Crippen molar-refractivity contribution < 1.29 is 4.74 Å². The lowest BCUT2D eigenvalue weighted by Crippen LogP contribution is -2.32. The number of fused-ring (bicyclic) bond motifs is 3. The van der Waals surface area contributed by atoms with E-state index in [0.717, 1.165) is 0 Å². The Hall–Kier alpha value is -2.38. The number of benzene rings is 3. The summed E-state index contributed by atoms with van der Waals surface area (Å²) in [6.45, 7) is 8.97. The SMILES string of the molecule is CO[C@@]1(c2ccccc2C(C)(C)C)c2ccccc2-c2ccc(C)cc21. The highest BCUT2D eigenvalue weighted by Crippen LogP contribution is 2.54. The fourth-order valence-corrected chi connectivity index (χ4v) is 4.42. The Balaban J connectivity index is 2.14. The molecule has 4 rings (SSSR count). The number of rotatable bonds is 2. The number of methoxy groups -OCH3 is 1. The molecule has 0 N–H and O–H groups in total. The van der Waals surface area contributed by atoms with Crippen molar-refractivity contribution in [2.24, 2.45) is 0 Å². The smallest absolute Gasteiger partial charge is 0.144 e. The zero-order chi connectivity index (χ0) is 18.5. The van der Waals surface area contributed by atoms with Crippen LogP contribution in [0.25, 0.3) is 11.1 Å². The van der Waals surface area contributed by atoms with Crippen LogP contribution in [0.5, 0.6) is 0 Å². The molecule has 1 aliphatic carbocycles. The standard InChI is InChI=1S/C25H26O/c1-17-14-15-19-18-10-6-7-11-20(18)25(26-5,23(19)16-17)22-13-9-8-12-21(22)24(2,3)4/h6-16H,1-5H3/t25-/m1/s1. The molecule has 0 unspecified atom stereocenters. The molecule has 1 heteroatoms. The number of ether oxygens (including phenoxy) is 1. The van der Waals surface area contributed by atoms with E-state index < -0.39 is 5.60 Å². The van der Waals surface area contributed by atoms with Crippen molar-refractivity contribution >= 4 is 0 Å². The van der Waals surface area contributed by atoms with E-state index in [1.165, 1.54) is 38.9 Å². The lowest BCUT2D eigenvalue weighted by Gasteiger charge is -2.36. The first-order valence-corrected chi connectivity index (χ1v) is 9.26. The third-order valence-electron chi connectivity index (χ3n) is 5.57. The first-order chi connectivity index (χ1) is 12.4. The summed E-state index contributed by atoms with van der Waals surface area (Å²) in [7, 11) is 1.84. The third kappa shape index (κ3) is 2.27. The summed E-state index contributed by atoms with van der Waals surface area (Å²) in [5, 5.41) is 0. The highest BCUT2D eigenvalue weighted by Gasteiger charge is 2.47. The van der Waals surface area contributed by atoms with Crippen molar-refractivity contribution in [1.29, 1.82) is 0 Å². The fourth-order valence-electron chi connectivity index (χ4n) is 4.42. The molecule has 0 spiro atoms. The number of hydrogen-bond acceptors (Lipinski definition) is 1. The van der Waals surface area contributed by atoms with E-state index in [-0.39, 0.29) is 5.41 Å². The van der Waals surface area contributed by atoms with E-state index in [9.17, 15) is 0 Å². The topological polar surface area (TPSA) is 9.23 Å². The van der Waals surface area contributed by atoms with E-state index in [1.54, 1.807) is 0 Å². The van der Waals surface area contributed by atoms with Gasteiger partial charge >= 0.3 is 0 Å². The molecule has 3 aromatic rings. The maximum Gasteiger partial charge on any atom is 0.144 e. The van der Waals surface area contributed by atoms with Crippen LogP contribution in [0, 0.1) is 6.92 Å². The van der Waals surface area contributed by atoms with Crippen LogP contribution in [0.4, 0.5) is 0 Å². The molecule has 0 aliphatic heterocycles. The Morgan fingerprint density at radius 3 is 2.04 bits per heavy atom. The predicted molar refractivity (Wildman–Crippen MR) is 109 cm³/mol. The van der Waals surface area contributed by atoms with Crippen LogP contribution >= 0.6 is 0 Å². The zero-order valence-corrected chi connectivity index (χ0v) is 16.3. The van der Waals surface area contributed by atoms with Gasteiger partial charge in [-0.05, 0) is 34.6 Å². The van der Waals surface area contributed by atoms with E-state index in [0.29, 0.717) is 0 Å². The van der Waals surface area contributed by atoms with Crippen LogP contribution in [0.15, 0.2) is 66.7 Å². The Morgan fingerprint density at radius 1 is 0.731 bits per heavy atom. The van der Waals surface area contributed by atoms with E-state index in [2.05, 4.69) is 94.4 Å². The second kappa shape index (κ2) is 5.82. The summed E-state index contributed by atoms with van der Waals surface area (Å²) in [5.74, 6) is 0. The molecule has 1 aliphatic rings. The van der Waals surface area contributed by atoms with Crippen LogP contribution < -0.4 is 0 Å². The number of aryl methyl sites for hydroxylation is 1. The Kier molecular flexibility index (Phi) is 3.82. The molecular formula is C25H26O. The van der Waals surface area contributed by atoms with Gasteiger partial charge in [0.25, 0.3) is 0 Å². The third-order valence-corrected chi connectivity index (χ3v) is 5.57. The Morgan fingerprint density at radius 2 is 1.35 bits per heavy atom. The average Bonchev–Trinajstić information content (AvgIpc) is 2.91. The van der Waals surface area contributed by atoms with Gasteiger partial charge in [-0.3, -0.25) is 0 Å². The largest absolute Gasteiger partial charge is 0.364 e. The maximum atomic E-state index is 6.43. The second-order valence-corrected chi connectivity index (χ2v) is 8.28. The molecule has 0 fully saturated rings. The van der Waals surface area contributed by atoms with Crippen molar-refractivity contribution in [2.75, 3.05) is 7.11 Å². The molecule has 0 bridgehead atoms. The van der Waals surface area contributed by atoms with Crippen molar-refractivity contribution in [3.63, 3.8) is 0 Å². The summed E-state index contributed by atoms with van der Waals surface area (Å²) in [4.78, 5) is 0. The minimum atomic E-state index is -0.568. The summed E-state index contributed by atoms with van der Waals surface area (Å²) >= 11 is 0. The van der Waals surface area contributed by atoms with Gasteiger partial charge in [-0.15, -0.1) is 0 Å². The summed E-state index contributed by atoms with van der Waals surface area (Å²) in [6, 6.07) is 24.1. The molecule has 0 radical (unpaired) electrons. The number of hydrogen-bond donors (Lipinski definition) is 0. The van der Waals surface area contributed by atoms with Crippen LogP contribution in [0.3, 0.4) is 0 Å². The molecule has 26 heavy (non-hydrogen) atoms. The van der Waals surface area contributed by atoms with Crippen molar-refractivity contribution in [3.8, 4) is 11.1 Å². The van der Waals surface area contributed by atoms with Crippen molar-refractivity contribution in [3.05, 3.63) is 94.5 Å². The Labute approximate surface area is 156 Å². The predicted octanol–water partition coefficient (Wildman–Crippen LogP) is 6.21. The van der Waals surface area contributed by atoms with E-state index >= 15 is 0 Å². The van der Waals surface area contributed by atoms with Gasteiger partial charge in [0.2, 0.25) is 0 Å². The Bertz CT molecular complexity index is 977. The molecule has 0 amide bonds. The highest BCUT2D eigenvalue weighted by atomic mass is 16.5. The minimum absolute atomic E-state index is 0.0314. The molecule has 0 aromatic heterocycles. The van der Waals surface area contributed by atoms with E-state index in [4.69, 9.17) is 4.74 Å². The lowest BCUT2D eigenvalue weighted by molar-refractivity contribution is 0.0608. The summed E-state index contributed by atoms with van der Waals surface area (Å²) < 4.78 is 6.43. The highest BCUT2D eigenvalue weighted by molar-refractivity contribution is 5.83. The quantitative estimate of drug-likeness (QED) is 0.538. The van der Waals surface area contributed by atoms with Gasteiger partial charge in [0.05, 0.1) is 0 Å². The summed E-state index contributed by atoms with van der Waals surface area (Å²) in [6.07, 6.45) is 0. The van der Waals surface area contributed by atoms with Gasteiger partial charge < -0.3 is 4.74 Å². The molecule has 1 nitrogen and oxygen atoms in total. The monoisotopic (exact) mass is 342 g/mol. The second-order valence-electron chi connectivity index (χ2n) is 8.28. The minimum Gasteiger partial charge on any atom is -0.364 e. The lowest BCUT2D eigenvalue weighted by atomic mass is 9.74. The fraction of sp³-hybridized carbons (Fsp3) is 0.280. The van der Waals surface area contributed by atoms with Crippen molar-refractivity contribution in [1.82, 2.24) is 0 Å². The molecular weight excluding hydrogens is 316 g/mol. The van der Waals surface area contributed by atoms with Crippen LogP contribution in [-0.2, 0) is 15.8 Å². The molecule has 0 saturated heterocycles. The molecule has 3 aromatic carbocycles. The molecule has 132 valence electrons. The first-order valence-electron chi connectivity index (χ1n) is 9.26. The summed E-state index contributed by atoms with van der Waals surface area (Å²) in [5.41, 5.74) is 8.32. The van der Waals surface area contributed by atoms with Gasteiger partial charge in [-0.2, -0.15) is 0 Å². The average molecular weight is 342 g/mol. The molecule has 0 saturated carbocycles. The van der Waals surface area contributed by atoms with Gasteiger partial charge in [-0.1, -0.05) is 93.1 Å². The van der Waals surface area contributed by atoms with Gasteiger partial charge in [0, 0.05) is 18.2 Å². The molecule has 1 atom stereocenters.